The van der Waals surface area contributed by atoms with E-state index in [1.807, 2.05) is 39.0 Å². The highest BCUT2D eigenvalue weighted by Crippen LogP contribution is 2.11. The number of hydrogen-bond donors (Lipinski definition) is 2. The Labute approximate surface area is 144 Å². The van der Waals surface area contributed by atoms with Gasteiger partial charge in [-0.05, 0) is 38.5 Å². The number of hydrogen-bond acceptors (Lipinski definition) is 5. The summed E-state index contributed by atoms with van der Waals surface area (Å²) in [4.78, 5) is 14.1. The van der Waals surface area contributed by atoms with Crippen LogP contribution in [0.15, 0.2) is 24.3 Å². The van der Waals surface area contributed by atoms with Gasteiger partial charge in [0.15, 0.2) is 0 Å². The van der Waals surface area contributed by atoms with Gasteiger partial charge in [0.25, 0.3) is 0 Å². The van der Waals surface area contributed by atoms with E-state index in [0.29, 0.717) is 6.54 Å². The first-order valence-electron chi connectivity index (χ1n) is 8.52. The lowest BCUT2D eigenvalue weighted by Gasteiger charge is -2.26. The average Bonchev–Trinajstić information content (AvgIpc) is 2.53. The fraction of sp³-hybridized carbons (Fsp3) is 0.611. The molecule has 1 aliphatic heterocycles. The number of benzene rings is 1. The minimum absolute atomic E-state index is 0.395. The molecule has 0 radical (unpaired) electrons. The van der Waals surface area contributed by atoms with E-state index in [1.165, 1.54) is 0 Å². The first kappa shape index (κ1) is 18.5. The van der Waals surface area contributed by atoms with Crippen molar-refractivity contribution in [1.29, 1.82) is 0 Å². The van der Waals surface area contributed by atoms with Crippen LogP contribution in [0.5, 0.6) is 0 Å². The molecule has 6 heteroatoms. The van der Waals surface area contributed by atoms with E-state index in [1.54, 1.807) is 0 Å². The second kappa shape index (κ2) is 8.89. The Morgan fingerprint density at radius 3 is 2.75 bits per heavy atom. The smallest absolute Gasteiger partial charge is 0.407 e. The van der Waals surface area contributed by atoms with Crippen molar-refractivity contribution in [3.05, 3.63) is 29.8 Å². The second-order valence-corrected chi connectivity index (χ2v) is 6.94. The molecular formula is C18H29N3O3. The summed E-state index contributed by atoms with van der Waals surface area (Å²) < 4.78 is 10.6. The monoisotopic (exact) mass is 335 g/mol. The molecule has 1 fully saturated rings. The van der Waals surface area contributed by atoms with E-state index in [0.717, 1.165) is 50.6 Å². The predicted molar refractivity (Wildman–Crippen MR) is 95.3 cm³/mol. The van der Waals surface area contributed by atoms with Gasteiger partial charge >= 0.3 is 6.09 Å². The number of carbonyl (C=O) groups excluding carboxylic acids is 1. The van der Waals surface area contributed by atoms with Gasteiger partial charge in [-0.2, -0.15) is 0 Å². The zero-order valence-corrected chi connectivity index (χ0v) is 14.9. The molecule has 24 heavy (non-hydrogen) atoms. The maximum atomic E-state index is 11.7. The summed E-state index contributed by atoms with van der Waals surface area (Å²) in [6, 6.07) is 8.07. The maximum Gasteiger partial charge on any atom is 0.407 e. The van der Waals surface area contributed by atoms with Crippen molar-refractivity contribution in [2.24, 2.45) is 0 Å². The lowest BCUT2D eigenvalue weighted by atomic mass is 10.2. The van der Waals surface area contributed by atoms with Crippen LogP contribution in [0.1, 0.15) is 26.3 Å². The van der Waals surface area contributed by atoms with Crippen LogP contribution in [0.4, 0.5) is 10.5 Å². The second-order valence-electron chi connectivity index (χ2n) is 6.94. The molecule has 6 nitrogen and oxygen atoms in total. The van der Waals surface area contributed by atoms with Crippen molar-refractivity contribution in [2.75, 3.05) is 44.7 Å². The van der Waals surface area contributed by atoms with Crippen molar-refractivity contribution >= 4 is 11.8 Å². The third-order valence-corrected chi connectivity index (χ3v) is 3.62. The molecule has 2 N–H and O–H groups in total. The van der Waals surface area contributed by atoms with Crippen LogP contribution in [0.3, 0.4) is 0 Å². The van der Waals surface area contributed by atoms with Gasteiger partial charge in [-0.15, -0.1) is 0 Å². The van der Waals surface area contributed by atoms with E-state index >= 15 is 0 Å². The number of alkyl carbamates (subject to hydrolysis) is 1. The van der Waals surface area contributed by atoms with Crippen LogP contribution in [-0.4, -0.2) is 56.0 Å². The minimum Gasteiger partial charge on any atom is -0.444 e. The van der Waals surface area contributed by atoms with Crippen molar-refractivity contribution in [3.63, 3.8) is 0 Å². The Morgan fingerprint density at radius 1 is 1.29 bits per heavy atom. The Kier molecular flexibility index (Phi) is 6.87. The molecule has 134 valence electrons. The Balaban J connectivity index is 1.73. The fourth-order valence-corrected chi connectivity index (χ4v) is 2.46. The predicted octanol–water partition coefficient (Wildman–Crippen LogP) is 2.46. The normalized spacial score (nSPS) is 15.8. The highest BCUT2D eigenvalue weighted by Gasteiger charge is 2.15. The SMILES string of the molecule is CC(C)(C)OC(=O)NCc1cccc(NCCN2CCOCC2)c1. The van der Waals surface area contributed by atoms with Gasteiger partial charge in [0.1, 0.15) is 5.60 Å². The summed E-state index contributed by atoms with van der Waals surface area (Å²) in [5, 5.41) is 6.21. The van der Waals surface area contributed by atoms with Crippen molar-refractivity contribution in [3.8, 4) is 0 Å². The van der Waals surface area contributed by atoms with Crippen molar-refractivity contribution in [2.45, 2.75) is 32.9 Å². The van der Waals surface area contributed by atoms with Gasteiger partial charge in [0.05, 0.1) is 13.2 Å². The topological polar surface area (TPSA) is 62.8 Å². The largest absolute Gasteiger partial charge is 0.444 e. The van der Waals surface area contributed by atoms with Crippen LogP contribution in [0.25, 0.3) is 0 Å². The van der Waals surface area contributed by atoms with Crippen molar-refractivity contribution in [1.82, 2.24) is 10.2 Å². The summed E-state index contributed by atoms with van der Waals surface area (Å²) in [6.45, 7) is 11.6. The molecule has 1 aliphatic rings. The van der Waals surface area contributed by atoms with Crippen LogP contribution in [0.2, 0.25) is 0 Å². The van der Waals surface area contributed by atoms with E-state index in [2.05, 4.69) is 21.6 Å². The van der Waals surface area contributed by atoms with Gasteiger partial charge in [0.2, 0.25) is 0 Å². The number of anilines is 1. The first-order chi connectivity index (χ1) is 11.4. The number of ether oxygens (including phenoxy) is 2. The van der Waals surface area contributed by atoms with Gasteiger partial charge in [-0.25, -0.2) is 4.79 Å². The zero-order chi connectivity index (χ0) is 17.4. The minimum atomic E-state index is -0.479. The van der Waals surface area contributed by atoms with Gasteiger partial charge < -0.3 is 20.1 Å². The molecular weight excluding hydrogens is 306 g/mol. The molecule has 0 aromatic heterocycles. The summed E-state index contributed by atoms with van der Waals surface area (Å²) in [5.74, 6) is 0. The van der Waals surface area contributed by atoms with Crippen LogP contribution >= 0.6 is 0 Å². The Bertz CT molecular complexity index is 522. The van der Waals surface area contributed by atoms with E-state index in [9.17, 15) is 4.79 Å². The standard InChI is InChI=1S/C18H29N3O3/c1-18(2,3)24-17(22)20-14-15-5-4-6-16(13-15)19-7-8-21-9-11-23-12-10-21/h4-6,13,19H,7-12,14H2,1-3H3,(H,20,22). The van der Waals surface area contributed by atoms with Gasteiger partial charge in [0, 0.05) is 38.4 Å². The molecule has 1 heterocycles. The molecule has 0 aliphatic carbocycles. The number of nitrogens with zero attached hydrogens (tertiary/aromatic N) is 1. The molecule has 2 rings (SSSR count). The van der Waals surface area contributed by atoms with Crippen molar-refractivity contribution < 1.29 is 14.3 Å². The Morgan fingerprint density at radius 2 is 2.04 bits per heavy atom. The lowest BCUT2D eigenvalue weighted by molar-refractivity contribution is 0.0398. The molecule has 0 bridgehead atoms. The summed E-state index contributed by atoms with van der Waals surface area (Å²) in [6.07, 6.45) is -0.395. The lowest BCUT2D eigenvalue weighted by Crippen LogP contribution is -2.39. The summed E-state index contributed by atoms with van der Waals surface area (Å²) >= 11 is 0. The van der Waals surface area contributed by atoms with Crippen LogP contribution in [0, 0.1) is 0 Å². The average molecular weight is 335 g/mol. The Hall–Kier alpha value is -1.79. The summed E-state index contributed by atoms with van der Waals surface area (Å²) in [7, 11) is 0. The third-order valence-electron chi connectivity index (χ3n) is 3.62. The van der Waals surface area contributed by atoms with Gasteiger partial charge in [-0.1, -0.05) is 12.1 Å². The number of rotatable bonds is 6. The van der Waals surface area contributed by atoms with Crippen LogP contribution in [-0.2, 0) is 16.0 Å². The third kappa shape index (κ3) is 7.19. The number of nitrogens with one attached hydrogen (secondary N) is 2. The summed E-state index contributed by atoms with van der Waals surface area (Å²) in [5.41, 5.74) is 1.62. The molecule has 1 aromatic carbocycles. The van der Waals surface area contributed by atoms with Crippen LogP contribution < -0.4 is 10.6 Å². The van der Waals surface area contributed by atoms with Gasteiger partial charge in [-0.3, -0.25) is 4.90 Å². The quantitative estimate of drug-likeness (QED) is 0.836. The molecule has 1 amide bonds. The molecule has 0 saturated carbocycles. The fourth-order valence-electron chi connectivity index (χ4n) is 2.46. The van der Waals surface area contributed by atoms with E-state index < -0.39 is 11.7 Å². The number of morpholine rings is 1. The molecule has 0 atom stereocenters. The molecule has 0 unspecified atom stereocenters. The first-order valence-corrected chi connectivity index (χ1v) is 8.52. The highest BCUT2D eigenvalue weighted by atomic mass is 16.6. The molecule has 1 saturated heterocycles. The highest BCUT2D eigenvalue weighted by molar-refractivity contribution is 5.67. The number of carbonyl (C=O) groups is 1. The maximum absolute atomic E-state index is 11.7. The molecule has 0 spiro atoms. The number of amides is 1. The zero-order valence-electron chi connectivity index (χ0n) is 14.9. The van der Waals surface area contributed by atoms with E-state index in [-0.39, 0.29) is 0 Å². The van der Waals surface area contributed by atoms with E-state index in [4.69, 9.17) is 9.47 Å². The molecule has 1 aromatic rings.